The molecule has 0 radical (unpaired) electrons. The number of aromatic nitrogens is 1. The van der Waals surface area contributed by atoms with Crippen molar-refractivity contribution in [2.45, 2.75) is 38.9 Å². The Morgan fingerprint density at radius 2 is 2.22 bits per heavy atom. The van der Waals surface area contributed by atoms with Crippen molar-refractivity contribution in [2.75, 3.05) is 0 Å². The second-order valence-corrected chi connectivity index (χ2v) is 4.92. The first-order chi connectivity index (χ1) is 8.86. The van der Waals surface area contributed by atoms with Gasteiger partial charge in [0, 0.05) is 24.3 Å². The van der Waals surface area contributed by atoms with E-state index in [0.717, 1.165) is 19.1 Å². The van der Waals surface area contributed by atoms with Gasteiger partial charge in [0.05, 0.1) is 6.54 Å². The molecule has 2 nitrogen and oxygen atoms in total. The molecule has 2 heteroatoms. The van der Waals surface area contributed by atoms with Crippen molar-refractivity contribution >= 4 is 10.9 Å². The zero-order valence-electron chi connectivity index (χ0n) is 10.7. The Labute approximate surface area is 108 Å². The van der Waals surface area contributed by atoms with E-state index in [9.17, 15) is 0 Å². The molecule has 1 heterocycles. The van der Waals surface area contributed by atoms with Crippen molar-refractivity contribution in [3.8, 4) is 11.8 Å². The minimum Gasteiger partial charge on any atom is -0.336 e. The van der Waals surface area contributed by atoms with Crippen molar-refractivity contribution in [3.63, 3.8) is 0 Å². The first-order valence-electron chi connectivity index (χ1n) is 6.57. The van der Waals surface area contributed by atoms with Gasteiger partial charge >= 0.3 is 0 Å². The summed E-state index contributed by atoms with van der Waals surface area (Å²) in [7, 11) is 0. The summed E-state index contributed by atoms with van der Waals surface area (Å²) in [4.78, 5) is 0. The third-order valence-electron chi connectivity index (χ3n) is 3.44. The highest BCUT2D eigenvalue weighted by Crippen LogP contribution is 2.21. The fraction of sp³-hybridized carbons (Fsp3) is 0.375. The maximum Gasteiger partial charge on any atom is 0.0837 e. The summed E-state index contributed by atoms with van der Waals surface area (Å²) < 4.78 is 2.21. The third-order valence-corrected chi connectivity index (χ3v) is 3.44. The molecular formula is C16H18N2. The van der Waals surface area contributed by atoms with Crippen LogP contribution in [0.2, 0.25) is 0 Å². The molecule has 1 aromatic carbocycles. The number of benzene rings is 1. The van der Waals surface area contributed by atoms with Crippen molar-refractivity contribution in [3.05, 3.63) is 36.0 Å². The summed E-state index contributed by atoms with van der Waals surface area (Å²) in [6.45, 7) is 3.64. The Hall–Kier alpha value is -1.72. The van der Waals surface area contributed by atoms with Gasteiger partial charge in [-0.25, -0.2) is 0 Å². The van der Waals surface area contributed by atoms with Crippen LogP contribution >= 0.6 is 0 Å². The average molecular weight is 238 g/mol. The number of nitrogens with one attached hydrogen (secondary N) is 1. The van der Waals surface area contributed by atoms with Crippen molar-refractivity contribution in [1.82, 2.24) is 9.88 Å². The van der Waals surface area contributed by atoms with E-state index in [-0.39, 0.29) is 0 Å². The van der Waals surface area contributed by atoms with E-state index < -0.39 is 0 Å². The lowest BCUT2D eigenvalue weighted by Gasteiger charge is -2.05. The molecule has 1 aromatic heterocycles. The molecule has 3 rings (SSSR count). The second-order valence-electron chi connectivity index (χ2n) is 4.92. The number of rotatable bonds is 4. The van der Waals surface area contributed by atoms with E-state index in [2.05, 4.69) is 52.2 Å². The molecule has 0 unspecified atom stereocenters. The second kappa shape index (κ2) is 4.88. The maximum atomic E-state index is 3.56. The minimum atomic E-state index is 0.762. The van der Waals surface area contributed by atoms with Gasteiger partial charge in [-0.1, -0.05) is 18.1 Å². The van der Waals surface area contributed by atoms with E-state index in [4.69, 9.17) is 0 Å². The van der Waals surface area contributed by atoms with E-state index in [0.29, 0.717) is 0 Å². The van der Waals surface area contributed by atoms with Crippen molar-refractivity contribution < 1.29 is 0 Å². The zero-order chi connectivity index (χ0) is 12.4. The standard InChI is InChI=1S/C16H18N2/c1-2-3-9-18-10-8-14-5-4-13(11-16(14)18)12-17-15-6-7-15/h4-5,8,10-11,15,17H,6-7,9,12H2,1H3. The molecule has 1 fully saturated rings. The van der Waals surface area contributed by atoms with Gasteiger partial charge in [-0.2, -0.15) is 0 Å². The van der Waals surface area contributed by atoms with Crippen LogP contribution in [0.3, 0.4) is 0 Å². The predicted molar refractivity (Wildman–Crippen MR) is 75.2 cm³/mol. The molecule has 0 aliphatic heterocycles. The van der Waals surface area contributed by atoms with Crippen LogP contribution in [0.5, 0.6) is 0 Å². The van der Waals surface area contributed by atoms with Crippen LogP contribution in [0.25, 0.3) is 10.9 Å². The van der Waals surface area contributed by atoms with Crippen LogP contribution in [-0.2, 0) is 13.1 Å². The van der Waals surface area contributed by atoms with Gasteiger partial charge in [0.15, 0.2) is 0 Å². The van der Waals surface area contributed by atoms with Gasteiger partial charge in [-0.15, -0.1) is 5.92 Å². The first kappa shape index (κ1) is 11.4. The highest BCUT2D eigenvalue weighted by molar-refractivity contribution is 5.80. The fourth-order valence-electron chi connectivity index (χ4n) is 2.19. The summed E-state index contributed by atoms with van der Waals surface area (Å²) in [5.74, 6) is 6.07. The minimum absolute atomic E-state index is 0.762. The Kier molecular flexibility index (Phi) is 3.08. The van der Waals surface area contributed by atoms with Gasteiger partial charge in [-0.3, -0.25) is 0 Å². The van der Waals surface area contributed by atoms with Crippen LogP contribution < -0.4 is 5.32 Å². The van der Waals surface area contributed by atoms with Crippen LogP contribution in [0.15, 0.2) is 30.5 Å². The summed E-state index contributed by atoms with van der Waals surface area (Å²) in [5, 5.41) is 4.85. The maximum absolute atomic E-state index is 3.56. The molecule has 1 aliphatic rings. The van der Waals surface area contributed by atoms with Gasteiger partial charge in [0.1, 0.15) is 0 Å². The third kappa shape index (κ3) is 2.42. The Balaban J connectivity index is 1.84. The molecule has 0 amide bonds. The SMILES string of the molecule is CC#CCn1ccc2ccc(CNC3CC3)cc21. The summed E-state index contributed by atoms with van der Waals surface area (Å²) in [6.07, 6.45) is 4.79. The van der Waals surface area contributed by atoms with Gasteiger partial charge in [0.25, 0.3) is 0 Å². The quantitative estimate of drug-likeness (QED) is 0.810. The molecule has 1 aliphatic carbocycles. The average Bonchev–Trinajstić information content (AvgIpc) is 3.14. The Bertz CT molecular complexity index is 609. The van der Waals surface area contributed by atoms with E-state index in [1.54, 1.807) is 0 Å². The largest absolute Gasteiger partial charge is 0.336 e. The van der Waals surface area contributed by atoms with Crippen LogP contribution in [0.1, 0.15) is 25.3 Å². The monoisotopic (exact) mass is 238 g/mol. The Morgan fingerprint density at radius 3 is 3.00 bits per heavy atom. The smallest absolute Gasteiger partial charge is 0.0837 e. The van der Waals surface area contributed by atoms with Gasteiger partial charge in [0.2, 0.25) is 0 Å². The van der Waals surface area contributed by atoms with Crippen LogP contribution in [-0.4, -0.2) is 10.6 Å². The molecule has 0 spiro atoms. The lowest BCUT2D eigenvalue weighted by atomic mass is 10.1. The molecular weight excluding hydrogens is 220 g/mol. The molecule has 0 atom stereocenters. The topological polar surface area (TPSA) is 17.0 Å². The van der Waals surface area contributed by atoms with Crippen LogP contribution in [0, 0.1) is 11.8 Å². The van der Waals surface area contributed by atoms with Crippen LogP contribution in [0.4, 0.5) is 0 Å². The number of hydrogen-bond donors (Lipinski definition) is 1. The highest BCUT2D eigenvalue weighted by Gasteiger charge is 2.19. The lowest BCUT2D eigenvalue weighted by Crippen LogP contribution is -2.15. The zero-order valence-corrected chi connectivity index (χ0v) is 10.7. The summed E-state index contributed by atoms with van der Waals surface area (Å²) in [5.41, 5.74) is 2.65. The molecule has 1 saturated carbocycles. The molecule has 0 bridgehead atoms. The predicted octanol–water partition coefficient (Wildman–Crippen LogP) is 2.92. The van der Waals surface area contributed by atoms with E-state index in [1.807, 2.05) is 6.92 Å². The number of nitrogens with zero attached hydrogens (tertiary/aromatic N) is 1. The first-order valence-corrected chi connectivity index (χ1v) is 6.57. The summed E-state index contributed by atoms with van der Waals surface area (Å²) in [6, 6.07) is 9.62. The van der Waals surface area contributed by atoms with E-state index >= 15 is 0 Å². The normalized spacial score (nSPS) is 14.5. The molecule has 2 aromatic rings. The lowest BCUT2D eigenvalue weighted by molar-refractivity contribution is 0.688. The molecule has 18 heavy (non-hydrogen) atoms. The molecule has 1 N–H and O–H groups in total. The summed E-state index contributed by atoms with van der Waals surface area (Å²) >= 11 is 0. The van der Waals surface area contributed by atoms with Crippen molar-refractivity contribution in [1.29, 1.82) is 0 Å². The number of hydrogen-bond acceptors (Lipinski definition) is 1. The van der Waals surface area contributed by atoms with Crippen molar-refractivity contribution in [2.24, 2.45) is 0 Å². The number of fused-ring (bicyclic) bond motifs is 1. The van der Waals surface area contributed by atoms with Gasteiger partial charge in [-0.05, 0) is 42.8 Å². The fourth-order valence-corrected chi connectivity index (χ4v) is 2.19. The molecule has 92 valence electrons. The Morgan fingerprint density at radius 1 is 1.33 bits per heavy atom. The van der Waals surface area contributed by atoms with Gasteiger partial charge < -0.3 is 9.88 Å². The highest BCUT2D eigenvalue weighted by atomic mass is 15.0. The van der Waals surface area contributed by atoms with E-state index in [1.165, 1.54) is 29.3 Å². The molecule has 0 saturated heterocycles.